The SMILES string of the molecule is c1ccc2c(c1)CC(C1CCCCC1)N2. The van der Waals surface area contributed by atoms with Crippen LogP contribution in [-0.4, -0.2) is 6.04 Å². The molecule has 1 N–H and O–H groups in total. The van der Waals surface area contributed by atoms with Crippen LogP contribution in [0.1, 0.15) is 37.7 Å². The molecule has 0 radical (unpaired) electrons. The number of rotatable bonds is 1. The van der Waals surface area contributed by atoms with Crippen molar-refractivity contribution in [2.75, 3.05) is 5.32 Å². The highest BCUT2D eigenvalue weighted by atomic mass is 15.0. The van der Waals surface area contributed by atoms with Gasteiger partial charge in [-0.15, -0.1) is 0 Å². The zero-order valence-electron chi connectivity index (χ0n) is 9.21. The predicted octanol–water partition coefficient (Wildman–Crippen LogP) is 3.60. The lowest BCUT2D eigenvalue weighted by Gasteiger charge is -2.27. The minimum Gasteiger partial charge on any atom is -0.381 e. The maximum absolute atomic E-state index is 3.70. The van der Waals surface area contributed by atoms with Crippen molar-refractivity contribution in [2.45, 2.75) is 44.6 Å². The average Bonchev–Trinajstić information content (AvgIpc) is 2.74. The Balaban J connectivity index is 1.72. The molecule has 1 aliphatic heterocycles. The summed E-state index contributed by atoms with van der Waals surface area (Å²) in [5.41, 5.74) is 2.90. The largest absolute Gasteiger partial charge is 0.381 e. The van der Waals surface area contributed by atoms with Gasteiger partial charge in [0, 0.05) is 11.7 Å². The Labute approximate surface area is 91.9 Å². The van der Waals surface area contributed by atoms with E-state index >= 15 is 0 Å². The first-order valence-electron chi connectivity index (χ1n) is 6.28. The summed E-state index contributed by atoms with van der Waals surface area (Å²) in [4.78, 5) is 0. The number of hydrogen-bond acceptors (Lipinski definition) is 1. The quantitative estimate of drug-likeness (QED) is 0.732. The molecular weight excluding hydrogens is 182 g/mol. The van der Waals surface area contributed by atoms with Gasteiger partial charge >= 0.3 is 0 Å². The van der Waals surface area contributed by atoms with Crippen LogP contribution in [0.15, 0.2) is 24.3 Å². The maximum Gasteiger partial charge on any atom is 0.0375 e. The Morgan fingerprint density at radius 3 is 2.60 bits per heavy atom. The van der Waals surface area contributed by atoms with E-state index in [0.717, 1.165) is 12.0 Å². The smallest absolute Gasteiger partial charge is 0.0375 e. The van der Waals surface area contributed by atoms with Crippen molar-refractivity contribution >= 4 is 5.69 Å². The number of nitrogens with one attached hydrogen (secondary N) is 1. The van der Waals surface area contributed by atoms with Crippen LogP contribution in [0, 0.1) is 5.92 Å². The summed E-state index contributed by atoms with van der Waals surface area (Å²) >= 11 is 0. The molecule has 1 nitrogen and oxygen atoms in total. The average molecular weight is 201 g/mol. The molecule has 2 aliphatic rings. The molecule has 1 aromatic carbocycles. The van der Waals surface area contributed by atoms with Crippen LogP contribution in [0.3, 0.4) is 0 Å². The molecule has 15 heavy (non-hydrogen) atoms. The van der Waals surface area contributed by atoms with Crippen molar-refractivity contribution in [1.29, 1.82) is 0 Å². The number of fused-ring (bicyclic) bond motifs is 1. The van der Waals surface area contributed by atoms with Crippen LogP contribution in [0.5, 0.6) is 0 Å². The third kappa shape index (κ3) is 1.75. The second kappa shape index (κ2) is 3.88. The number of hydrogen-bond donors (Lipinski definition) is 1. The van der Waals surface area contributed by atoms with Gasteiger partial charge in [0.1, 0.15) is 0 Å². The van der Waals surface area contributed by atoms with E-state index in [1.165, 1.54) is 49.8 Å². The molecule has 1 heteroatoms. The van der Waals surface area contributed by atoms with Crippen LogP contribution in [-0.2, 0) is 6.42 Å². The van der Waals surface area contributed by atoms with E-state index in [4.69, 9.17) is 0 Å². The topological polar surface area (TPSA) is 12.0 Å². The van der Waals surface area contributed by atoms with Crippen LogP contribution < -0.4 is 5.32 Å². The van der Waals surface area contributed by atoms with Gasteiger partial charge in [0.25, 0.3) is 0 Å². The van der Waals surface area contributed by atoms with Crippen molar-refractivity contribution in [3.05, 3.63) is 29.8 Å². The van der Waals surface area contributed by atoms with Gasteiger partial charge in [-0.3, -0.25) is 0 Å². The van der Waals surface area contributed by atoms with Gasteiger partial charge < -0.3 is 5.32 Å². The third-order valence-corrected chi connectivity index (χ3v) is 4.02. The fourth-order valence-corrected chi connectivity index (χ4v) is 3.15. The molecule has 1 unspecified atom stereocenters. The summed E-state index contributed by atoms with van der Waals surface area (Å²) in [5, 5.41) is 3.70. The van der Waals surface area contributed by atoms with Gasteiger partial charge in [-0.25, -0.2) is 0 Å². The van der Waals surface area contributed by atoms with Crippen molar-refractivity contribution in [1.82, 2.24) is 0 Å². The van der Waals surface area contributed by atoms with E-state index in [1.807, 2.05) is 0 Å². The molecule has 1 heterocycles. The summed E-state index contributed by atoms with van der Waals surface area (Å²) in [6.07, 6.45) is 8.46. The molecule has 1 saturated carbocycles. The lowest BCUT2D eigenvalue weighted by Crippen LogP contribution is -2.28. The zero-order chi connectivity index (χ0) is 10.1. The molecule has 1 aliphatic carbocycles. The standard InChI is InChI=1S/C14H19N/c1-2-6-11(7-3-1)14-10-12-8-4-5-9-13(12)15-14/h4-5,8-9,11,14-15H,1-3,6-7,10H2. The van der Waals surface area contributed by atoms with Gasteiger partial charge in [0.2, 0.25) is 0 Å². The second-order valence-electron chi connectivity index (χ2n) is 5.01. The molecule has 0 aromatic heterocycles. The van der Waals surface area contributed by atoms with E-state index in [2.05, 4.69) is 29.6 Å². The summed E-state index contributed by atoms with van der Waals surface area (Å²) in [6.45, 7) is 0. The van der Waals surface area contributed by atoms with Crippen LogP contribution >= 0.6 is 0 Å². The summed E-state index contributed by atoms with van der Waals surface area (Å²) in [7, 11) is 0. The Hall–Kier alpha value is -0.980. The van der Waals surface area contributed by atoms with E-state index in [0.29, 0.717) is 0 Å². The normalized spacial score (nSPS) is 26.0. The Morgan fingerprint density at radius 2 is 1.80 bits per heavy atom. The highest BCUT2D eigenvalue weighted by Crippen LogP contribution is 2.35. The second-order valence-corrected chi connectivity index (χ2v) is 5.01. The van der Waals surface area contributed by atoms with Crippen LogP contribution in [0.2, 0.25) is 0 Å². The lowest BCUT2D eigenvalue weighted by molar-refractivity contribution is 0.321. The number of benzene rings is 1. The summed E-state index contributed by atoms with van der Waals surface area (Å²) < 4.78 is 0. The molecule has 0 amide bonds. The van der Waals surface area contributed by atoms with Gasteiger partial charge in [0.15, 0.2) is 0 Å². The van der Waals surface area contributed by atoms with E-state index < -0.39 is 0 Å². The molecular formula is C14H19N. The van der Waals surface area contributed by atoms with Gasteiger partial charge in [0.05, 0.1) is 0 Å². The summed E-state index contributed by atoms with van der Waals surface area (Å²) in [5.74, 6) is 0.922. The van der Waals surface area contributed by atoms with Crippen LogP contribution in [0.25, 0.3) is 0 Å². The van der Waals surface area contributed by atoms with Crippen molar-refractivity contribution < 1.29 is 0 Å². The number of para-hydroxylation sites is 1. The summed E-state index contributed by atoms with van der Waals surface area (Å²) in [6, 6.07) is 9.50. The first-order valence-corrected chi connectivity index (χ1v) is 6.28. The highest BCUT2D eigenvalue weighted by molar-refractivity contribution is 5.56. The van der Waals surface area contributed by atoms with Crippen molar-refractivity contribution in [3.63, 3.8) is 0 Å². The molecule has 0 spiro atoms. The fraction of sp³-hybridized carbons (Fsp3) is 0.571. The molecule has 1 atom stereocenters. The highest BCUT2D eigenvalue weighted by Gasteiger charge is 2.28. The predicted molar refractivity (Wildman–Crippen MR) is 64.1 cm³/mol. The van der Waals surface area contributed by atoms with Gasteiger partial charge in [-0.1, -0.05) is 37.5 Å². The van der Waals surface area contributed by atoms with Gasteiger partial charge in [-0.05, 0) is 36.8 Å². The van der Waals surface area contributed by atoms with Crippen molar-refractivity contribution in [3.8, 4) is 0 Å². The van der Waals surface area contributed by atoms with E-state index in [-0.39, 0.29) is 0 Å². The molecule has 3 rings (SSSR count). The fourth-order valence-electron chi connectivity index (χ4n) is 3.15. The zero-order valence-corrected chi connectivity index (χ0v) is 9.21. The van der Waals surface area contributed by atoms with Gasteiger partial charge in [-0.2, -0.15) is 0 Å². The minimum atomic E-state index is 0.725. The molecule has 0 saturated heterocycles. The Kier molecular flexibility index (Phi) is 2.40. The molecule has 0 bridgehead atoms. The monoisotopic (exact) mass is 201 g/mol. The number of anilines is 1. The van der Waals surface area contributed by atoms with Crippen LogP contribution in [0.4, 0.5) is 5.69 Å². The lowest BCUT2D eigenvalue weighted by atomic mass is 9.83. The minimum absolute atomic E-state index is 0.725. The van der Waals surface area contributed by atoms with Crippen molar-refractivity contribution in [2.24, 2.45) is 5.92 Å². The maximum atomic E-state index is 3.70. The molecule has 80 valence electrons. The Bertz CT molecular complexity index is 314. The molecule has 1 fully saturated rings. The first-order chi connectivity index (χ1) is 7.43. The Morgan fingerprint density at radius 1 is 1.00 bits per heavy atom. The van der Waals surface area contributed by atoms with E-state index in [9.17, 15) is 0 Å². The van der Waals surface area contributed by atoms with E-state index in [1.54, 1.807) is 0 Å². The molecule has 1 aromatic rings. The first kappa shape index (κ1) is 9.26. The third-order valence-electron chi connectivity index (χ3n) is 4.02.